The third-order valence-corrected chi connectivity index (χ3v) is 6.26. The molecule has 1 N–H and O–H groups in total. The van der Waals surface area contributed by atoms with Gasteiger partial charge in [0.2, 0.25) is 0 Å². The van der Waals surface area contributed by atoms with Crippen molar-refractivity contribution in [3.8, 4) is 17.4 Å². The van der Waals surface area contributed by atoms with Crippen molar-refractivity contribution >= 4 is 44.4 Å². The maximum Gasteiger partial charge on any atom is 0.416 e. The number of carbonyl (C=O) groups excluding carboxylic acids is 1. The quantitative estimate of drug-likeness (QED) is 0.199. The summed E-state index contributed by atoms with van der Waals surface area (Å²) in [6, 6.07) is 17.8. The number of carbonyl (C=O) groups is 1. The van der Waals surface area contributed by atoms with Crippen molar-refractivity contribution in [2.75, 3.05) is 5.32 Å². The van der Waals surface area contributed by atoms with Gasteiger partial charge in [-0.2, -0.15) is 18.4 Å². The largest absolute Gasteiger partial charge is 0.457 e. The van der Waals surface area contributed by atoms with Crippen LogP contribution in [0.2, 0.25) is 0 Å². The molecule has 0 aliphatic rings. The highest BCUT2D eigenvalue weighted by Gasteiger charge is 2.30. The summed E-state index contributed by atoms with van der Waals surface area (Å²) in [5, 5.41) is 12.2. The molecule has 0 aliphatic carbocycles. The summed E-state index contributed by atoms with van der Waals surface area (Å²) in [5.74, 6) is 0.244. The van der Waals surface area contributed by atoms with Crippen molar-refractivity contribution in [1.82, 2.24) is 4.98 Å². The first kappa shape index (κ1) is 24.4. The minimum atomic E-state index is -4.42. The minimum Gasteiger partial charge on any atom is -0.457 e. The van der Waals surface area contributed by atoms with Gasteiger partial charge in [-0.1, -0.05) is 46.3 Å². The zero-order valence-electron chi connectivity index (χ0n) is 17.8. The van der Waals surface area contributed by atoms with E-state index in [1.807, 2.05) is 30.3 Å². The third-order valence-electron chi connectivity index (χ3n) is 4.81. The average molecular weight is 558 g/mol. The molecule has 2 aromatic carbocycles. The number of amides is 1. The lowest BCUT2D eigenvalue weighted by atomic mass is 10.1. The number of alkyl halides is 3. The molecule has 0 spiro atoms. The Morgan fingerprint density at radius 1 is 1.17 bits per heavy atom. The molecule has 35 heavy (non-hydrogen) atoms. The molecule has 0 fully saturated rings. The van der Waals surface area contributed by atoms with Crippen molar-refractivity contribution in [2.45, 2.75) is 12.6 Å². The van der Waals surface area contributed by atoms with Crippen LogP contribution in [0.3, 0.4) is 0 Å². The molecule has 0 saturated heterocycles. The fourth-order valence-corrected chi connectivity index (χ4v) is 4.27. The first-order valence-corrected chi connectivity index (χ1v) is 11.7. The fraction of sp³-hybridized carbons (Fsp3) is 0.0800. The SMILES string of the molecule is N#CC(=Cc1ccc(-c2ccc(Br)cc2)o1)C(=O)Nc1ncc(Cc2cccc(C(F)(F)F)c2)s1. The predicted molar refractivity (Wildman–Crippen MR) is 130 cm³/mol. The summed E-state index contributed by atoms with van der Waals surface area (Å²) in [5.41, 5.74) is 0.402. The molecule has 5 nitrogen and oxygen atoms in total. The number of thiazole rings is 1. The smallest absolute Gasteiger partial charge is 0.416 e. The highest BCUT2D eigenvalue weighted by atomic mass is 79.9. The van der Waals surface area contributed by atoms with Crippen LogP contribution in [0.5, 0.6) is 0 Å². The predicted octanol–water partition coefficient (Wildman–Crippen LogP) is 7.32. The number of hydrogen-bond acceptors (Lipinski definition) is 5. The number of rotatable bonds is 6. The molecular formula is C25H15BrF3N3O2S. The van der Waals surface area contributed by atoms with Crippen LogP contribution in [0.15, 0.2) is 81.3 Å². The molecule has 0 bridgehead atoms. The Hall–Kier alpha value is -3.68. The number of nitriles is 1. The molecule has 0 aliphatic heterocycles. The van der Waals surface area contributed by atoms with Crippen molar-refractivity contribution in [3.63, 3.8) is 0 Å². The van der Waals surface area contributed by atoms with E-state index in [4.69, 9.17) is 4.42 Å². The van der Waals surface area contributed by atoms with E-state index in [2.05, 4.69) is 26.2 Å². The second-order valence-corrected chi connectivity index (χ2v) is 9.37. The average Bonchev–Trinajstić information content (AvgIpc) is 3.47. The van der Waals surface area contributed by atoms with Gasteiger partial charge in [0.1, 0.15) is 23.2 Å². The Balaban J connectivity index is 1.44. The summed E-state index contributed by atoms with van der Waals surface area (Å²) in [6.45, 7) is 0. The van der Waals surface area contributed by atoms with Gasteiger partial charge in [-0.15, -0.1) is 11.3 Å². The van der Waals surface area contributed by atoms with E-state index < -0.39 is 17.6 Å². The van der Waals surface area contributed by atoms with Gasteiger partial charge >= 0.3 is 6.18 Å². The van der Waals surface area contributed by atoms with Gasteiger partial charge in [-0.25, -0.2) is 4.98 Å². The van der Waals surface area contributed by atoms with Crippen LogP contribution in [-0.2, 0) is 17.4 Å². The van der Waals surface area contributed by atoms with Gasteiger partial charge in [0.15, 0.2) is 5.13 Å². The van der Waals surface area contributed by atoms with Crippen LogP contribution in [0.1, 0.15) is 21.8 Å². The summed E-state index contributed by atoms with van der Waals surface area (Å²) in [6.07, 6.45) is -1.39. The Bertz CT molecular complexity index is 1430. The highest BCUT2D eigenvalue weighted by Crippen LogP contribution is 2.31. The normalized spacial score (nSPS) is 11.8. The lowest BCUT2D eigenvalue weighted by Crippen LogP contribution is -2.13. The maximum absolute atomic E-state index is 12.9. The monoisotopic (exact) mass is 557 g/mol. The molecule has 0 radical (unpaired) electrons. The van der Waals surface area contributed by atoms with Crippen LogP contribution < -0.4 is 5.32 Å². The van der Waals surface area contributed by atoms with E-state index in [0.717, 1.165) is 33.5 Å². The Labute approximate surface area is 210 Å². The Kier molecular flexibility index (Phi) is 7.19. The molecule has 2 heterocycles. The van der Waals surface area contributed by atoms with Gasteiger partial charge < -0.3 is 4.42 Å². The number of anilines is 1. The van der Waals surface area contributed by atoms with E-state index in [-0.39, 0.29) is 17.1 Å². The number of nitrogens with zero attached hydrogens (tertiary/aromatic N) is 2. The van der Waals surface area contributed by atoms with Crippen LogP contribution in [0.25, 0.3) is 17.4 Å². The van der Waals surface area contributed by atoms with E-state index in [0.29, 0.717) is 22.0 Å². The number of benzene rings is 2. The van der Waals surface area contributed by atoms with Crippen LogP contribution >= 0.6 is 27.3 Å². The second kappa shape index (κ2) is 10.3. The van der Waals surface area contributed by atoms with Gasteiger partial charge in [0.05, 0.1) is 5.56 Å². The zero-order chi connectivity index (χ0) is 25.0. The van der Waals surface area contributed by atoms with Crippen LogP contribution in [0.4, 0.5) is 18.3 Å². The summed E-state index contributed by atoms with van der Waals surface area (Å²) in [7, 11) is 0. The molecule has 2 aromatic heterocycles. The van der Waals surface area contributed by atoms with E-state index in [1.165, 1.54) is 18.3 Å². The van der Waals surface area contributed by atoms with E-state index in [1.54, 1.807) is 18.2 Å². The Morgan fingerprint density at radius 2 is 1.94 bits per heavy atom. The first-order valence-electron chi connectivity index (χ1n) is 10.1. The van der Waals surface area contributed by atoms with Crippen molar-refractivity contribution < 1.29 is 22.4 Å². The molecule has 1 amide bonds. The number of halogens is 4. The van der Waals surface area contributed by atoms with Gasteiger partial charge in [-0.05, 0) is 35.9 Å². The maximum atomic E-state index is 12.9. The molecule has 176 valence electrons. The molecular weight excluding hydrogens is 543 g/mol. The highest BCUT2D eigenvalue weighted by molar-refractivity contribution is 9.10. The van der Waals surface area contributed by atoms with Gasteiger partial charge in [-0.3, -0.25) is 10.1 Å². The van der Waals surface area contributed by atoms with Gasteiger partial charge in [0.25, 0.3) is 5.91 Å². The molecule has 0 unspecified atom stereocenters. The first-order chi connectivity index (χ1) is 16.7. The minimum absolute atomic E-state index is 0.184. The second-order valence-electron chi connectivity index (χ2n) is 7.34. The number of nitrogens with one attached hydrogen (secondary N) is 1. The molecule has 0 atom stereocenters. The van der Waals surface area contributed by atoms with Crippen molar-refractivity contribution in [2.24, 2.45) is 0 Å². The number of furan rings is 1. The van der Waals surface area contributed by atoms with Crippen LogP contribution in [-0.4, -0.2) is 10.9 Å². The third kappa shape index (κ3) is 6.26. The molecule has 10 heteroatoms. The topological polar surface area (TPSA) is 78.9 Å². The van der Waals surface area contributed by atoms with E-state index >= 15 is 0 Å². The number of hydrogen-bond donors (Lipinski definition) is 1. The van der Waals surface area contributed by atoms with Crippen molar-refractivity contribution in [3.05, 3.63) is 98.7 Å². The standard InChI is InChI=1S/C25H15BrF3N3O2S/c26-19-6-4-16(5-7-19)22-9-8-20(34-22)12-17(13-30)23(33)32-24-31-14-21(35-24)11-15-2-1-3-18(10-15)25(27,28)29/h1-10,12,14H,11H2,(H,31,32,33). The number of aromatic nitrogens is 1. The fourth-order valence-electron chi connectivity index (χ4n) is 3.16. The zero-order valence-corrected chi connectivity index (χ0v) is 20.2. The van der Waals surface area contributed by atoms with Crippen molar-refractivity contribution in [1.29, 1.82) is 5.26 Å². The van der Waals surface area contributed by atoms with E-state index in [9.17, 15) is 23.2 Å². The summed E-state index contributed by atoms with van der Waals surface area (Å²) >= 11 is 4.49. The lowest BCUT2D eigenvalue weighted by molar-refractivity contribution is -0.137. The molecule has 4 rings (SSSR count). The molecule has 4 aromatic rings. The molecule has 0 saturated carbocycles. The summed E-state index contributed by atoms with van der Waals surface area (Å²) in [4.78, 5) is 17.3. The Morgan fingerprint density at radius 3 is 2.66 bits per heavy atom. The van der Waals surface area contributed by atoms with Crippen LogP contribution in [0, 0.1) is 11.3 Å². The lowest BCUT2D eigenvalue weighted by Gasteiger charge is -2.07. The summed E-state index contributed by atoms with van der Waals surface area (Å²) < 4.78 is 45.4. The van der Waals surface area contributed by atoms with Gasteiger partial charge in [0, 0.05) is 33.6 Å².